The summed E-state index contributed by atoms with van der Waals surface area (Å²) in [6.07, 6.45) is 0. The van der Waals surface area contributed by atoms with Gasteiger partial charge in [0.1, 0.15) is 0 Å². The van der Waals surface area contributed by atoms with Crippen molar-refractivity contribution in [2.45, 2.75) is 6.92 Å². The Kier molecular flexibility index (Phi) is 4.21. The Balaban J connectivity index is 2.28. The minimum Gasteiger partial charge on any atom is -0.376 e. The fourth-order valence-corrected chi connectivity index (χ4v) is 2.03. The van der Waals surface area contributed by atoms with E-state index < -0.39 is 0 Å². The third kappa shape index (κ3) is 2.72. The second kappa shape index (κ2) is 6.07. The Morgan fingerprint density at radius 2 is 1.95 bits per heavy atom. The second-order valence-electron chi connectivity index (χ2n) is 4.58. The molecule has 0 fully saturated rings. The standard InChI is InChI=1S/C16H17N3O/c1-3-19(2)16(20)11-18-15-9-8-12(10-17)13-6-4-5-7-14(13)15/h4-9,18H,3,11H2,1-2H3. The second-order valence-corrected chi connectivity index (χ2v) is 4.58. The van der Waals surface area contributed by atoms with Crippen molar-refractivity contribution < 1.29 is 4.79 Å². The number of nitrogens with one attached hydrogen (secondary N) is 1. The highest BCUT2D eigenvalue weighted by atomic mass is 16.2. The molecule has 102 valence electrons. The van der Waals surface area contributed by atoms with Crippen molar-refractivity contribution in [3.63, 3.8) is 0 Å². The molecule has 2 aromatic rings. The lowest BCUT2D eigenvalue weighted by molar-refractivity contribution is -0.127. The summed E-state index contributed by atoms with van der Waals surface area (Å²) in [7, 11) is 1.78. The molecule has 2 rings (SSSR count). The van der Waals surface area contributed by atoms with Crippen molar-refractivity contribution in [1.82, 2.24) is 4.90 Å². The topological polar surface area (TPSA) is 56.1 Å². The van der Waals surface area contributed by atoms with E-state index >= 15 is 0 Å². The number of anilines is 1. The number of benzene rings is 2. The molecule has 0 aliphatic carbocycles. The van der Waals surface area contributed by atoms with E-state index in [9.17, 15) is 4.79 Å². The zero-order valence-electron chi connectivity index (χ0n) is 11.7. The fraction of sp³-hybridized carbons (Fsp3) is 0.250. The van der Waals surface area contributed by atoms with E-state index in [0.29, 0.717) is 12.1 Å². The van der Waals surface area contributed by atoms with Gasteiger partial charge in [-0.15, -0.1) is 0 Å². The van der Waals surface area contributed by atoms with Gasteiger partial charge < -0.3 is 10.2 Å². The van der Waals surface area contributed by atoms with Crippen LogP contribution in [-0.4, -0.2) is 30.9 Å². The molecule has 2 aromatic carbocycles. The molecule has 1 N–H and O–H groups in total. The number of carbonyl (C=O) groups is 1. The third-order valence-corrected chi connectivity index (χ3v) is 3.37. The van der Waals surface area contributed by atoms with Gasteiger partial charge >= 0.3 is 0 Å². The first-order chi connectivity index (χ1) is 9.67. The number of hydrogen-bond acceptors (Lipinski definition) is 3. The van der Waals surface area contributed by atoms with Crippen LogP contribution in [0, 0.1) is 11.3 Å². The Morgan fingerprint density at radius 1 is 1.25 bits per heavy atom. The zero-order valence-corrected chi connectivity index (χ0v) is 11.7. The first kappa shape index (κ1) is 13.9. The molecule has 0 bridgehead atoms. The Morgan fingerprint density at radius 3 is 2.60 bits per heavy atom. The number of amides is 1. The van der Waals surface area contributed by atoms with Crippen LogP contribution >= 0.6 is 0 Å². The molecule has 0 aromatic heterocycles. The maximum absolute atomic E-state index is 11.8. The Hall–Kier alpha value is -2.54. The Bertz CT molecular complexity index is 673. The van der Waals surface area contributed by atoms with Crippen molar-refractivity contribution >= 4 is 22.4 Å². The molecule has 0 aliphatic heterocycles. The van der Waals surface area contributed by atoms with Gasteiger partial charge in [-0.1, -0.05) is 24.3 Å². The molecule has 0 aliphatic rings. The van der Waals surface area contributed by atoms with E-state index in [4.69, 9.17) is 5.26 Å². The van der Waals surface area contributed by atoms with Crippen LogP contribution in [0.4, 0.5) is 5.69 Å². The molecule has 0 atom stereocenters. The molecular weight excluding hydrogens is 250 g/mol. The van der Waals surface area contributed by atoms with Crippen molar-refractivity contribution in [2.75, 3.05) is 25.5 Å². The molecular formula is C16H17N3O. The highest BCUT2D eigenvalue weighted by Crippen LogP contribution is 2.26. The normalized spacial score (nSPS) is 10.1. The summed E-state index contributed by atoms with van der Waals surface area (Å²) in [4.78, 5) is 13.5. The van der Waals surface area contributed by atoms with Crippen LogP contribution in [0.25, 0.3) is 10.8 Å². The summed E-state index contributed by atoms with van der Waals surface area (Å²) in [5, 5.41) is 14.1. The molecule has 20 heavy (non-hydrogen) atoms. The summed E-state index contributed by atoms with van der Waals surface area (Å²) in [6.45, 7) is 2.88. The summed E-state index contributed by atoms with van der Waals surface area (Å²) < 4.78 is 0. The van der Waals surface area contributed by atoms with Crippen LogP contribution < -0.4 is 5.32 Å². The van der Waals surface area contributed by atoms with Gasteiger partial charge in [-0.05, 0) is 19.1 Å². The summed E-state index contributed by atoms with van der Waals surface area (Å²) in [5.41, 5.74) is 1.51. The SMILES string of the molecule is CCN(C)C(=O)CNc1ccc(C#N)c2ccccc12. The van der Waals surface area contributed by atoms with Crippen LogP contribution in [0.15, 0.2) is 36.4 Å². The van der Waals surface area contributed by atoms with Crippen LogP contribution in [0.2, 0.25) is 0 Å². The number of carbonyl (C=O) groups excluding carboxylic acids is 1. The van der Waals surface area contributed by atoms with Gasteiger partial charge in [0.05, 0.1) is 18.2 Å². The van der Waals surface area contributed by atoms with E-state index in [2.05, 4.69) is 11.4 Å². The van der Waals surface area contributed by atoms with Crippen LogP contribution in [0.3, 0.4) is 0 Å². The van der Waals surface area contributed by atoms with Crippen LogP contribution in [-0.2, 0) is 4.79 Å². The number of hydrogen-bond donors (Lipinski definition) is 1. The van der Waals surface area contributed by atoms with Crippen molar-refractivity contribution in [2.24, 2.45) is 0 Å². The van der Waals surface area contributed by atoms with Crippen LogP contribution in [0.1, 0.15) is 12.5 Å². The molecule has 0 heterocycles. The monoisotopic (exact) mass is 267 g/mol. The zero-order chi connectivity index (χ0) is 14.5. The van der Waals surface area contributed by atoms with Gasteiger partial charge in [-0.2, -0.15) is 5.26 Å². The number of nitriles is 1. The number of fused-ring (bicyclic) bond motifs is 1. The van der Waals surface area contributed by atoms with E-state index in [0.717, 1.165) is 16.5 Å². The van der Waals surface area contributed by atoms with Crippen molar-refractivity contribution in [3.05, 3.63) is 42.0 Å². The van der Waals surface area contributed by atoms with Gasteiger partial charge in [0.2, 0.25) is 5.91 Å². The summed E-state index contributed by atoms with van der Waals surface area (Å²) >= 11 is 0. The molecule has 0 spiro atoms. The highest BCUT2D eigenvalue weighted by Gasteiger charge is 2.09. The molecule has 0 saturated carbocycles. The number of rotatable bonds is 4. The van der Waals surface area contributed by atoms with Crippen molar-refractivity contribution in [1.29, 1.82) is 5.26 Å². The van der Waals surface area contributed by atoms with E-state index in [1.165, 1.54) is 0 Å². The quantitative estimate of drug-likeness (QED) is 0.926. The summed E-state index contributed by atoms with van der Waals surface area (Å²) in [5.74, 6) is 0.0425. The maximum Gasteiger partial charge on any atom is 0.241 e. The van der Waals surface area contributed by atoms with Gasteiger partial charge in [-0.3, -0.25) is 4.79 Å². The lowest BCUT2D eigenvalue weighted by Gasteiger charge is -2.16. The van der Waals surface area contributed by atoms with E-state index in [1.807, 2.05) is 37.3 Å². The molecule has 4 heteroatoms. The molecule has 0 unspecified atom stereocenters. The minimum atomic E-state index is 0.0425. The predicted molar refractivity (Wildman–Crippen MR) is 80.5 cm³/mol. The third-order valence-electron chi connectivity index (χ3n) is 3.37. The average Bonchev–Trinajstić information content (AvgIpc) is 2.51. The number of nitrogens with zero attached hydrogens (tertiary/aromatic N) is 2. The first-order valence-corrected chi connectivity index (χ1v) is 6.57. The van der Waals surface area contributed by atoms with Crippen molar-refractivity contribution in [3.8, 4) is 6.07 Å². The highest BCUT2D eigenvalue weighted by molar-refractivity contribution is 5.98. The lowest BCUT2D eigenvalue weighted by Crippen LogP contribution is -2.31. The first-order valence-electron chi connectivity index (χ1n) is 6.57. The lowest BCUT2D eigenvalue weighted by atomic mass is 10.0. The number of likely N-dealkylation sites (N-methyl/N-ethyl adjacent to an activating group) is 1. The van der Waals surface area contributed by atoms with Gasteiger partial charge in [0, 0.05) is 30.1 Å². The van der Waals surface area contributed by atoms with E-state index in [1.54, 1.807) is 18.0 Å². The minimum absolute atomic E-state index is 0.0425. The molecule has 0 saturated heterocycles. The molecule has 1 amide bonds. The molecule has 4 nitrogen and oxygen atoms in total. The fourth-order valence-electron chi connectivity index (χ4n) is 2.03. The smallest absolute Gasteiger partial charge is 0.241 e. The maximum atomic E-state index is 11.8. The average molecular weight is 267 g/mol. The van der Waals surface area contributed by atoms with Crippen LogP contribution in [0.5, 0.6) is 0 Å². The van der Waals surface area contributed by atoms with Gasteiger partial charge in [0.15, 0.2) is 0 Å². The van der Waals surface area contributed by atoms with E-state index in [-0.39, 0.29) is 12.5 Å². The van der Waals surface area contributed by atoms with Gasteiger partial charge in [-0.25, -0.2) is 0 Å². The molecule has 0 radical (unpaired) electrons. The van der Waals surface area contributed by atoms with Gasteiger partial charge in [0.25, 0.3) is 0 Å². The largest absolute Gasteiger partial charge is 0.376 e. The summed E-state index contributed by atoms with van der Waals surface area (Å²) in [6, 6.07) is 13.5. The Labute approximate surface area is 118 Å². The predicted octanol–water partition coefficient (Wildman–Crippen LogP) is 2.60.